The molecule has 0 saturated carbocycles. The van der Waals surface area contributed by atoms with Gasteiger partial charge in [-0.1, -0.05) is 17.8 Å². The number of halogens is 1. The van der Waals surface area contributed by atoms with Gasteiger partial charge in [0, 0.05) is 30.7 Å². The smallest absolute Gasteiger partial charge is 0.224 e. The lowest BCUT2D eigenvalue weighted by atomic mass is 10.1. The zero-order chi connectivity index (χ0) is 14.7. The number of carbonyl (C=O) groups excluding carboxylic acids is 2. The Kier molecular flexibility index (Phi) is 4.65. The zero-order valence-electron chi connectivity index (χ0n) is 11.4. The van der Waals surface area contributed by atoms with Crippen LogP contribution in [0.5, 0.6) is 5.75 Å². The maximum absolute atomic E-state index is 13.8. The van der Waals surface area contributed by atoms with Crippen LogP contribution in [0.4, 0.5) is 4.39 Å². The van der Waals surface area contributed by atoms with Crippen molar-refractivity contribution in [1.29, 1.82) is 0 Å². The molecular weight excluding hydrogens is 281 g/mol. The molecule has 6 heteroatoms. The lowest BCUT2D eigenvalue weighted by Crippen LogP contribution is -2.25. The number of hydrogen-bond acceptors (Lipinski definition) is 4. The van der Waals surface area contributed by atoms with Gasteiger partial charge in [-0.05, 0) is 12.1 Å². The van der Waals surface area contributed by atoms with E-state index in [2.05, 4.69) is 0 Å². The number of benzene rings is 1. The van der Waals surface area contributed by atoms with E-state index in [0.29, 0.717) is 24.3 Å². The summed E-state index contributed by atoms with van der Waals surface area (Å²) in [6.45, 7) is 2.11. The van der Waals surface area contributed by atoms with E-state index in [0.717, 1.165) is 0 Å². The fraction of sp³-hybridized carbons (Fsp3) is 0.429. The first-order valence-electron chi connectivity index (χ1n) is 6.27. The van der Waals surface area contributed by atoms with Gasteiger partial charge in [0.25, 0.3) is 0 Å². The van der Waals surface area contributed by atoms with Gasteiger partial charge in [0.05, 0.1) is 13.7 Å². The number of rotatable bonds is 4. The number of ether oxygens (including phenoxy) is 1. The minimum atomic E-state index is -0.389. The molecule has 1 aliphatic rings. The fourth-order valence-corrected chi connectivity index (χ4v) is 3.23. The molecule has 0 radical (unpaired) electrons. The second kappa shape index (κ2) is 6.26. The highest BCUT2D eigenvalue weighted by molar-refractivity contribution is 8.14. The number of carbonyl (C=O) groups is 2. The molecule has 2 rings (SSSR count). The molecule has 1 unspecified atom stereocenters. The van der Waals surface area contributed by atoms with Crippen LogP contribution >= 0.6 is 11.8 Å². The molecule has 1 aromatic carbocycles. The minimum absolute atomic E-state index is 0.00637. The fourth-order valence-electron chi connectivity index (χ4n) is 2.28. The highest BCUT2D eigenvalue weighted by Gasteiger charge is 2.31. The van der Waals surface area contributed by atoms with Gasteiger partial charge in [-0.2, -0.15) is 0 Å². The Labute approximate surface area is 121 Å². The number of thioether (sulfide) groups is 1. The Bertz CT molecular complexity index is 535. The van der Waals surface area contributed by atoms with Gasteiger partial charge in [0.15, 0.2) is 5.12 Å². The largest absolute Gasteiger partial charge is 0.496 e. The number of hydrogen-bond donors (Lipinski definition) is 0. The average Bonchev–Trinajstić information content (AvgIpc) is 2.71. The third kappa shape index (κ3) is 3.30. The van der Waals surface area contributed by atoms with E-state index in [1.54, 1.807) is 17.0 Å². The molecule has 1 aromatic rings. The van der Waals surface area contributed by atoms with Crippen molar-refractivity contribution in [3.63, 3.8) is 0 Å². The lowest BCUT2D eigenvalue weighted by Gasteiger charge is -2.18. The molecule has 1 atom stereocenters. The molecule has 1 saturated heterocycles. The molecule has 0 aromatic heterocycles. The van der Waals surface area contributed by atoms with Crippen LogP contribution in [0.3, 0.4) is 0 Å². The van der Waals surface area contributed by atoms with Gasteiger partial charge in [0.2, 0.25) is 5.91 Å². The summed E-state index contributed by atoms with van der Waals surface area (Å²) in [7, 11) is 1.47. The van der Waals surface area contributed by atoms with Crippen LogP contribution in [-0.4, -0.2) is 34.8 Å². The van der Waals surface area contributed by atoms with Crippen molar-refractivity contribution < 1.29 is 18.7 Å². The summed E-state index contributed by atoms with van der Waals surface area (Å²) in [5, 5.41) is -0.0501. The molecule has 1 heterocycles. The molecule has 0 spiro atoms. The van der Waals surface area contributed by atoms with E-state index in [1.165, 1.54) is 31.9 Å². The molecule has 0 aliphatic carbocycles. The van der Waals surface area contributed by atoms with E-state index in [-0.39, 0.29) is 28.6 Å². The molecule has 1 aliphatic heterocycles. The Morgan fingerprint density at radius 2 is 2.30 bits per heavy atom. The summed E-state index contributed by atoms with van der Waals surface area (Å²) >= 11 is 1.17. The number of likely N-dealkylation sites (tertiary alicyclic amines) is 1. The SMILES string of the molecule is COc1cccc(F)c1CN1CC(SC(C)=O)CC1=O. The van der Waals surface area contributed by atoms with Crippen molar-refractivity contribution in [3.05, 3.63) is 29.6 Å². The summed E-state index contributed by atoms with van der Waals surface area (Å²) in [6, 6.07) is 4.58. The van der Waals surface area contributed by atoms with Crippen LogP contribution in [0.15, 0.2) is 18.2 Å². The van der Waals surface area contributed by atoms with Crippen LogP contribution in [-0.2, 0) is 16.1 Å². The first-order chi connectivity index (χ1) is 9.51. The second-order valence-corrected chi connectivity index (χ2v) is 6.11. The molecule has 4 nitrogen and oxygen atoms in total. The third-order valence-electron chi connectivity index (χ3n) is 3.16. The van der Waals surface area contributed by atoms with Crippen LogP contribution in [0.1, 0.15) is 18.9 Å². The van der Waals surface area contributed by atoms with Crippen molar-refractivity contribution in [3.8, 4) is 5.75 Å². The first-order valence-corrected chi connectivity index (χ1v) is 7.15. The van der Waals surface area contributed by atoms with Gasteiger partial charge in [-0.3, -0.25) is 9.59 Å². The number of amides is 1. The number of methoxy groups -OCH3 is 1. The maximum atomic E-state index is 13.8. The minimum Gasteiger partial charge on any atom is -0.496 e. The van der Waals surface area contributed by atoms with Crippen LogP contribution in [0, 0.1) is 5.82 Å². The molecule has 0 N–H and O–H groups in total. The van der Waals surface area contributed by atoms with Gasteiger partial charge >= 0.3 is 0 Å². The van der Waals surface area contributed by atoms with E-state index >= 15 is 0 Å². The van der Waals surface area contributed by atoms with E-state index in [4.69, 9.17) is 4.74 Å². The highest BCUT2D eigenvalue weighted by Crippen LogP contribution is 2.28. The standard InChI is InChI=1S/C14H16FNO3S/c1-9(17)20-10-6-14(18)16(7-10)8-11-12(15)4-3-5-13(11)19-2/h3-5,10H,6-8H2,1-2H3. The lowest BCUT2D eigenvalue weighted by molar-refractivity contribution is -0.128. The molecular formula is C14H16FNO3S. The number of nitrogens with zero attached hydrogens (tertiary/aromatic N) is 1. The Balaban J connectivity index is 2.11. The second-order valence-electron chi connectivity index (χ2n) is 4.63. The van der Waals surface area contributed by atoms with Crippen molar-refractivity contribution in [1.82, 2.24) is 4.90 Å². The van der Waals surface area contributed by atoms with Gasteiger partial charge in [-0.15, -0.1) is 0 Å². The van der Waals surface area contributed by atoms with Crippen LogP contribution in [0.25, 0.3) is 0 Å². The molecule has 108 valence electrons. The molecule has 1 amide bonds. The first kappa shape index (κ1) is 14.8. The Morgan fingerprint density at radius 1 is 1.55 bits per heavy atom. The van der Waals surface area contributed by atoms with Crippen molar-refractivity contribution in [2.45, 2.75) is 25.1 Å². The van der Waals surface area contributed by atoms with Gasteiger partial charge < -0.3 is 9.64 Å². The van der Waals surface area contributed by atoms with Crippen molar-refractivity contribution in [2.75, 3.05) is 13.7 Å². The quantitative estimate of drug-likeness (QED) is 0.855. The van der Waals surface area contributed by atoms with Crippen LogP contribution in [0.2, 0.25) is 0 Å². The summed E-state index contributed by atoms with van der Waals surface area (Å²) < 4.78 is 19.0. The van der Waals surface area contributed by atoms with Crippen LogP contribution < -0.4 is 4.74 Å². The monoisotopic (exact) mass is 297 g/mol. The van der Waals surface area contributed by atoms with Crippen molar-refractivity contribution in [2.24, 2.45) is 0 Å². The highest BCUT2D eigenvalue weighted by atomic mass is 32.2. The normalized spacial score (nSPS) is 18.4. The predicted molar refractivity (Wildman–Crippen MR) is 75.0 cm³/mol. The topological polar surface area (TPSA) is 46.6 Å². The van der Waals surface area contributed by atoms with Gasteiger partial charge in [-0.25, -0.2) is 4.39 Å². The van der Waals surface area contributed by atoms with E-state index in [1.807, 2.05) is 0 Å². The van der Waals surface area contributed by atoms with Gasteiger partial charge in [0.1, 0.15) is 11.6 Å². The maximum Gasteiger partial charge on any atom is 0.224 e. The summed E-state index contributed by atoms with van der Waals surface area (Å²) in [4.78, 5) is 24.6. The molecule has 20 heavy (non-hydrogen) atoms. The predicted octanol–water partition coefficient (Wildman–Crippen LogP) is 2.21. The molecule has 1 fully saturated rings. The summed E-state index contributed by atoms with van der Waals surface area (Å²) in [6.07, 6.45) is 0.320. The average molecular weight is 297 g/mol. The third-order valence-corrected chi connectivity index (χ3v) is 4.14. The Morgan fingerprint density at radius 3 is 2.95 bits per heavy atom. The van der Waals surface area contributed by atoms with Crippen molar-refractivity contribution >= 4 is 22.8 Å². The summed E-state index contributed by atoms with van der Waals surface area (Å²) in [5.74, 6) is -0.0191. The van der Waals surface area contributed by atoms with E-state index in [9.17, 15) is 14.0 Å². The Hall–Kier alpha value is -1.56. The summed E-state index contributed by atoms with van der Waals surface area (Å²) in [5.41, 5.74) is 0.372. The van der Waals surface area contributed by atoms with E-state index < -0.39 is 0 Å². The zero-order valence-corrected chi connectivity index (χ0v) is 12.2. The molecule has 0 bridgehead atoms.